The van der Waals surface area contributed by atoms with Crippen LogP contribution in [0.15, 0.2) is 54.7 Å². The molecule has 0 amide bonds. The van der Waals surface area contributed by atoms with Gasteiger partial charge in [0.15, 0.2) is 11.6 Å². The van der Waals surface area contributed by atoms with Gasteiger partial charge in [0.1, 0.15) is 23.7 Å². The Morgan fingerprint density at radius 1 is 1.03 bits per heavy atom. The second-order valence-corrected chi connectivity index (χ2v) is 7.97. The van der Waals surface area contributed by atoms with Crippen LogP contribution >= 0.6 is 0 Å². The molecule has 3 rings (SSSR count). The van der Waals surface area contributed by atoms with E-state index in [4.69, 9.17) is 4.74 Å². The SMILES string of the molecule is C=C(C)NC(CC)(C(C)=O)c1ccc(F)cc1.CC.CC.CCC#CCOc1ccc2c(c1)C(=O)CC2. The van der Waals surface area contributed by atoms with Gasteiger partial charge in [-0.15, -0.1) is 5.92 Å². The molecule has 0 aromatic heterocycles. The van der Waals surface area contributed by atoms with Crippen LogP contribution in [0.4, 0.5) is 4.39 Å². The molecule has 0 aliphatic heterocycles. The molecule has 1 unspecified atom stereocenters. The van der Waals surface area contributed by atoms with Crippen LogP contribution in [-0.2, 0) is 16.8 Å². The molecule has 0 spiro atoms. The minimum absolute atomic E-state index is 0.00499. The van der Waals surface area contributed by atoms with E-state index in [0.717, 1.165) is 35.3 Å². The topological polar surface area (TPSA) is 55.4 Å². The number of fused-ring (bicyclic) bond motifs is 1. The van der Waals surface area contributed by atoms with E-state index in [2.05, 4.69) is 23.7 Å². The van der Waals surface area contributed by atoms with Crippen LogP contribution < -0.4 is 10.1 Å². The summed E-state index contributed by atoms with van der Waals surface area (Å²) in [5.74, 6) is 6.49. The van der Waals surface area contributed by atoms with Gasteiger partial charge < -0.3 is 10.1 Å². The van der Waals surface area contributed by atoms with E-state index in [-0.39, 0.29) is 17.4 Å². The summed E-state index contributed by atoms with van der Waals surface area (Å²) in [5, 5.41) is 3.11. The predicted molar refractivity (Wildman–Crippen MR) is 152 cm³/mol. The van der Waals surface area contributed by atoms with Gasteiger partial charge in [-0.25, -0.2) is 4.39 Å². The highest BCUT2D eigenvalue weighted by Crippen LogP contribution is 2.28. The predicted octanol–water partition coefficient (Wildman–Crippen LogP) is 7.80. The molecule has 2 aromatic carbocycles. The molecule has 5 heteroatoms. The van der Waals surface area contributed by atoms with E-state index in [1.165, 1.54) is 19.1 Å². The lowest BCUT2D eigenvalue weighted by molar-refractivity contribution is -0.123. The van der Waals surface area contributed by atoms with E-state index in [0.29, 0.717) is 25.1 Å². The smallest absolute Gasteiger partial charge is 0.163 e. The number of ether oxygens (including phenoxy) is 1. The average Bonchev–Trinajstić information content (AvgIpc) is 3.28. The van der Waals surface area contributed by atoms with Crippen LogP contribution in [0.2, 0.25) is 0 Å². The monoisotopic (exact) mass is 509 g/mol. The number of hydrogen-bond donors (Lipinski definition) is 1. The van der Waals surface area contributed by atoms with Gasteiger partial charge in [-0.1, -0.05) is 72.2 Å². The maximum atomic E-state index is 12.9. The number of hydrogen-bond acceptors (Lipinski definition) is 4. The molecule has 1 aliphatic carbocycles. The quantitative estimate of drug-likeness (QED) is 0.387. The molecule has 1 N–H and O–H groups in total. The maximum absolute atomic E-state index is 12.9. The summed E-state index contributed by atoms with van der Waals surface area (Å²) in [6, 6.07) is 11.7. The molecule has 0 saturated heterocycles. The van der Waals surface area contributed by atoms with Crippen molar-refractivity contribution >= 4 is 11.6 Å². The Morgan fingerprint density at radius 3 is 2.16 bits per heavy atom. The number of allylic oxidation sites excluding steroid dienone is 1. The van der Waals surface area contributed by atoms with Gasteiger partial charge in [-0.2, -0.15) is 0 Å². The van der Waals surface area contributed by atoms with E-state index in [1.807, 2.05) is 59.7 Å². The minimum Gasteiger partial charge on any atom is -0.481 e. The molecule has 0 bridgehead atoms. The van der Waals surface area contributed by atoms with Crippen molar-refractivity contribution in [3.63, 3.8) is 0 Å². The summed E-state index contributed by atoms with van der Waals surface area (Å²) < 4.78 is 18.4. The maximum Gasteiger partial charge on any atom is 0.163 e. The third-order valence-electron chi connectivity index (χ3n) is 5.51. The number of aryl methyl sites for hydroxylation is 1. The second kappa shape index (κ2) is 17.9. The summed E-state index contributed by atoms with van der Waals surface area (Å²) in [6.45, 7) is 19.4. The van der Waals surface area contributed by atoms with Crippen LogP contribution in [0.1, 0.15) is 96.1 Å². The van der Waals surface area contributed by atoms with Crippen molar-refractivity contribution in [2.45, 2.75) is 86.6 Å². The van der Waals surface area contributed by atoms with E-state index in [9.17, 15) is 14.0 Å². The first kappa shape index (κ1) is 33.6. The summed E-state index contributed by atoms with van der Waals surface area (Å²) in [6.07, 6.45) is 2.92. The molecule has 0 radical (unpaired) electrons. The Morgan fingerprint density at radius 2 is 1.65 bits per heavy atom. The lowest BCUT2D eigenvalue weighted by Gasteiger charge is -2.33. The Bertz CT molecular complexity index is 1060. The number of carbonyl (C=O) groups is 2. The first-order chi connectivity index (χ1) is 17.7. The standard InChI is InChI=1S/C14H18FNO.C14H14O2.2C2H6/c1-5-14(11(4)17,16-10(2)3)12-6-8-13(15)9-7-12;1-2-3-4-9-16-12-7-5-11-6-8-14(15)13(11)10-12;2*1-2/h6-9,16H,2,5H2,1,3-4H3;5,7,10H,2,6,8-9H2,1H3;2*1-2H3. The molecule has 202 valence electrons. The molecular formula is C32H44FNO3. The van der Waals surface area contributed by atoms with E-state index < -0.39 is 5.54 Å². The summed E-state index contributed by atoms with van der Waals surface area (Å²) in [4.78, 5) is 23.4. The molecule has 0 heterocycles. The zero-order valence-corrected chi connectivity index (χ0v) is 23.9. The average molecular weight is 510 g/mol. The number of carbonyl (C=O) groups excluding carboxylic acids is 2. The van der Waals surface area contributed by atoms with Crippen LogP contribution in [0.3, 0.4) is 0 Å². The van der Waals surface area contributed by atoms with Crippen molar-refractivity contribution in [3.8, 4) is 17.6 Å². The second-order valence-electron chi connectivity index (χ2n) is 7.97. The van der Waals surface area contributed by atoms with Crippen molar-refractivity contribution in [1.29, 1.82) is 0 Å². The Hall–Kier alpha value is -3.39. The van der Waals surface area contributed by atoms with Gasteiger partial charge in [-0.3, -0.25) is 9.59 Å². The van der Waals surface area contributed by atoms with Crippen LogP contribution in [-0.4, -0.2) is 18.2 Å². The van der Waals surface area contributed by atoms with Crippen molar-refractivity contribution < 1.29 is 18.7 Å². The number of Topliss-reactive ketones (excluding diaryl/α,β-unsaturated/α-hetero) is 2. The lowest BCUT2D eigenvalue weighted by Crippen LogP contribution is -2.46. The molecule has 0 saturated carbocycles. The van der Waals surface area contributed by atoms with Gasteiger partial charge in [0.05, 0.1) is 0 Å². The normalized spacial score (nSPS) is 12.3. The van der Waals surface area contributed by atoms with Crippen molar-refractivity contribution in [2.75, 3.05) is 6.61 Å². The van der Waals surface area contributed by atoms with Gasteiger partial charge in [-0.05, 0) is 62.1 Å². The molecular weight excluding hydrogens is 465 g/mol. The first-order valence-electron chi connectivity index (χ1n) is 13.2. The fourth-order valence-electron chi connectivity index (χ4n) is 3.80. The molecule has 37 heavy (non-hydrogen) atoms. The van der Waals surface area contributed by atoms with E-state index >= 15 is 0 Å². The lowest BCUT2D eigenvalue weighted by atomic mass is 9.83. The highest BCUT2D eigenvalue weighted by Gasteiger charge is 2.35. The first-order valence-corrected chi connectivity index (χ1v) is 13.2. The zero-order chi connectivity index (χ0) is 28.4. The zero-order valence-electron chi connectivity index (χ0n) is 23.9. The van der Waals surface area contributed by atoms with Crippen LogP contribution in [0, 0.1) is 17.7 Å². The summed E-state index contributed by atoms with van der Waals surface area (Å²) >= 11 is 0. The van der Waals surface area contributed by atoms with Crippen LogP contribution in [0.5, 0.6) is 5.75 Å². The molecule has 4 nitrogen and oxygen atoms in total. The fourth-order valence-corrected chi connectivity index (χ4v) is 3.80. The van der Waals surface area contributed by atoms with Gasteiger partial charge in [0, 0.05) is 24.1 Å². The Balaban J connectivity index is 0.000000618. The van der Waals surface area contributed by atoms with Crippen LogP contribution in [0.25, 0.3) is 0 Å². The van der Waals surface area contributed by atoms with Gasteiger partial charge in [0.25, 0.3) is 0 Å². The number of rotatable bonds is 7. The third kappa shape index (κ3) is 10.2. The molecule has 1 atom stereocenters. The highest BCUT2D eigenvalue weighted by molar-refractivity contribution is 6.00. The molecule has 2 aromatic rings. The largest absolute Gasteiger partial charge is 0.481 e. The van der Waals surface area contributed by atoms with Gasteiger partial charge >= 0.3 is 0 Å². The summed E-state index contributed by atoms with van der Waals surface area (Å²) in [7, 11) is 0. The van der Waals surface area contributed by atoms with Crippen molar-refractivity contribution in [1.82, 2.24) is 5.32 Å². The molecule has 0 fully saturated rings. The highest BCUT2D eigenvalue weighted by atomic mass is 19.1. The third-order valence-corrected chi connectivity index (χ3v) is 5.51. The van der Waals surface area contributed by atoms with Crippen molar-refractivity contribution in [3.05, 3.63) is 77.2 Å². The molecule has 1 aliphatic rings. The fraction of sp³-hybridized carbons (Fsp3) is 0.438. The Labute approximate surface area is 223 Å². The van der Waals surface area contributed by atoms with E-state index in [1.54, 1.807) is 19.1 Å². The number of ketones is 2. The minimum atomic E-state index is -0.806. The number of halogens is 1. The van der Waals surface area contributed by atoms with Crippen molar-refractivity contribution in [2.24, 2.45) is 0 Å². The summed E-state index contributed by atoms with van der Waals surface area (Å²) in [5.41, 5.74) is 2.63. The number of nitrogens with one attached hydrogen (secondary N) is 1. The van der Waals surface area contributed by atoms with Gasteiger partial charge in [0.2, 0.25) is 0 Å². The number of benzene rings is 2. The Kier molecular flexibility index (Phi) is 16.3.